The molecule has 0 bridgehead atoms. The van der Waals surface area contributed by atoms with Gasteiger partial charge in [0.1, 0.15) is 12.4 Å². The molecule has 0 radical (unpaired) electrons. The Morgan fingerprint density at radius 2 is 2.00 bits per heavy atom. The van der Waals surface area contributed by atoms with Crippen LogP contribution in [0.15, 0.2) is 36.7 Å². The highest BCUT2D eigenvalue weighted by atomic mass is 16.5. The van der Waals surface area contributed by atoms with Gasteiger partial charge in [0.2, 0.25) is 0 Å². The summed E-state index contributed by atoms with van der Waals surface area (Å²) in [7, 11) is 0. The predicted octanol–water partition coefficient (Wildman–Crippen LogP) is 2.59. The van der Waals surface area contributed by atoms with Crippen molar-refractivity contribution >= 4 is 0 Å². The summed E-state index contributed by atoms with van der Waals surface area (Å²) in [5.74, 6) is 0. The molecule has 1 aliphatic rings. The monoisotopic (exact) mass is 287 g/mol. The van der Waals surface area contributed by atoms with E-state index in [1.54, 1.807) is 11.0 Å². The standard InChI is InChI=1S/C16H21N3O2/c1-3-16(4-2)13(20)10-14(16)21-15-17-11-19(18-15)12-8-6-5-7-9-12/h5-9,11,13-14,20H,3-4,10H2,1-2H3. The summed E-state index contributed by atoms with van der Waals surface area (Å²) < 4.78 is 7.62. The van der Waals surface area contributed by atoms with Crippen LogP contribution in [0.1, 0.15) is 33.1 Å². The number of hydrogen-bond donors (Lipinski definition) is 1. The molecule has 1 fully saturated rings. The molecule has 1 aromatic heterocycles. The van der Waals surface area contributed by atoms with E-state index in [9.17, 15) is 5.11 Å². The maximum absolute atomic E-state index is 10.1. The Hall–Kier alpha value is -1.88. The number of ether oxygens (including phenoxy) is 1. The van der Waals surface area contributed by atoms with Crippen LogP contribution in [0.4, 0.5) is 0 Å². The number of benzene rings is 1. The number of rotatable bonds is 5. The van der Waals surface area contributed by atoms with Crippen LogP contribution in [-0.2, 0) is 0 Å². The molecule has 0 aliphatic heterocycles. The molecule has 3 rings (SSSR count). The fraction of sp³-hybridized carbons (Fsp3) is 0.500. The van der Waals surface area contributed by atoms with Crippen LogP contribution in [0.3, 0.4) is 0 Å². The van der Waals surface area contributed by atoms with Gasteiger partial charge in [-0.3, -0.25) is 0 Å². The first-order valence-corrected chi connectivity index (χ1v) is 7.51. The van der Waals surface area contributed by atoms with Crippen molar-refractivity contribution in [3.63, 3.8) is 0 Å². The first-order valence-electron chi connectivity index (χ1n) is 7.51. The summed E-state index contributed by atoms with van der Waals surface area (Å²) >= 11 is 0. The van der Waals surface area contributed by atoms with E-state index in [1.165, 1.54) is 0 Å². The maximum atomic E-state index is 10.1. The molecule has 2 atom stereocenters. The second-order valence-electron chi connectivity index (χ2n) is 5.61. The minimum absolute atomic E-state index is 0.00544. The van der Waals surface area contributed by atoms with Crippen molar-refractivity contribution in [3.05, 3.63) is 36.7 Å². The van der Waals surface area contributed by atoms with Gasteiger partial charge in [-0.15, -0.1) is 5.10 Å². The molecule has 1 heterocycles. The predicted molar refractivity (Wildman–Crippen MR) is 79.4 cm³/mol. The Kier molecular flexibility index (Phi) is 3.68. The van der Waals surface area contributed by atoms with Crippen molar-refractivity contribution in [3.8, 4) is 11.7 Å². The molecule has 2 unspecified atom stereocenters. The molecule has 112 valence electrons. The maximum Gasteiger partial charge on any atom is 0.336 e. The molecule has 5 nitrogen and oxygen atoms in total. The normalized spacial score (nSPS) is 23.6. The minimum atomic E-state index is -0.284. The molecular formula is C16H21N3O2. The summed E-state index contributed by atoms with van der Waals surface area (Å²) in [6, 6.07) is 10.2. The van der Waals surface area contributed by atoms with Gasteiger partial charge in [-0.25, -0.2) is 4.68 Å². The van der Waals surface area contributed by atoms with Gasteiger partial charge in [0.05, 0.1) is 11.8 Å². The third kappa shape index (κ3) is 2.31. The number of nitrogens with zero attached hydrogens (tertiary/aromatic N) is 3. The SMILES string of the molecule is CCC1(CC)C(O)CC1Oc1ncn(-c2ccccc2)n1. The molecule has 0 amide bonds. The first-order chi connectivity index (χ1) is 10.2. The van der Waals surface area contributed by atoms with E-state index < -0.39 is 0 Å². The van der Waals surface area contributed by atoms with Crippen LogP contribution < -0.4 is 4.74 Å². The first kappa shape index (κ1) is 14.1. The molecule has 1 N–H and O–H groups in total. The number of aliphatic hydroxyl groups excluding tert-OH is 1. The third-order valence-electron chi connectivity index (χ3n) is 4.80. The highest BCUT2D eigenvalue weighted by Gasteiger charge is 2.54. The molecule has 1 saturated carbocycles. The molecule has 1 aliphatic carbocycles. The van der Waals surface area contributed by atoms with E-state index in [0.29, 0.717) is 12.4 Å². The average molecular weight is 287 g/mol. The molecule has 1 aromatic carbocycles. The Morgan fingerprint density at radius 1 is 1.29 bits per heavy atom. The van der Waals surface area contributed by atoms with Gasteiger partial charge >= 0.3 is 6.01 Å². The Bertz CT molecular complexity index is 593. The zero-order valence-corrected chi connectivity index (χ0v) is 12.4. The van der Waals surface area contributed by atoms with E-state index >= 15 is 0 Å². The zero-order valence-electron chi connectivity index (χ0n) is 12.4. The lowest BCUT2D eigenvalue weighted by molar-refractivity contribution is -0.161. The summed E-state index contributed by atoms with van der Waals surface area (Å²) in [4.78, 5) is 4.22. The lowest BCUT2D eigenvalue weighted by Gasteiger charge is -2.51. The molecule has 0 spiro atoms. The number of aliphatic hydroxyl groups is 1. The van der Waals surface area contributed by atoms with E-state index in [2.05, 4.69) is 23.9 Å². The highest BCUT2D eigenvalue weighted by molar-refractivity contribution is 5.29. The Morgan fingerprint density at radius 3 is 2.62 bits per heavy atom. The summed E-state index contributed by atoms with van der Waals surface area (Å²) in [5.41, 5.74) is 0.795. The van der Waals surface area contributed by atoms with Crippen LogP contribution >= 0.6 is 0 Å². The molecule has 2 aromatic rings. The van der Waals surface area contributed by atoms with Gasteiger partial charge in [-0.1, -0.05) is 32.0 Å². The lowest BCUT2D eigenvalue weighted by atomic mass is 9.60. The zero-order chi connectivity index (χ0) is 14.9. The van der Waals surface area contributed by atoms with Crippen molar-refractivity contribution in [2.24, 2.45) is 5.41 Å². The Labute approximate surface area is 124 Å². The van der Waals surface area contributed by atoms with Crippen LogP contribution in [0.5, 0.6) is 6.01 Å². The van der Waals surface area contributed by atoms with E-state index in [0.717, 1.165) is 18.5 Å². The van der Waals surface area contributed by atoms with E-state index in [1.807, 2.05) is 30.3 Å². The molecule has 0 saturated heterocycles. The van der Waals surface area contributed by atoms with Crippen LogP contribution in [-0.4, -0.2) is 32.1 Å². The van der Waals surface area contributed by atoms with Gasteiger partial charge in [0, 0.05) is 11.8 Å². The molecular weight excluding hydrogens is 266 g/mol. The van der Waals surface area contributed by atoms with Gasteiger partial charge in [0.25, 0.3) is 0 Å². The fourth-order valence-corrected chi connectivity index (χ4v) is 3.20. The quantitative estimate of drug-likeness (QED) is 0.918. The number of hydrogen-bond acceptors (Lipinski definition) is 4. The second kappa shape index (κ2) is 5.48. The van der Waals surface area contributed by atoms with Crippen molar-refractivity contribution < 1.29 is 9.84 Å². The average Bonchev–Trinajstić information content (AvgIpc) is 2.98. The second-order valence-corrected chi connectivity index (χ2v) is 5.61. The molecule has 21 heavy (non-hydrogen) atoms. The summed E-state index contributed by atoms with van der Waals surface area (Å²) in [6.45, 7) is 4.19. The third-order valence-corrected chi connectivity index (χ3v) is 4.80. The van der Waals surface area contributed by atoms with Crippen molar-refractivity contribution in [2.75, 3.05) is 0 Å². The summed E-state index contributed by atoms with van der Waals surface area (Å²) in [5, 5.41) is 14.4. The van der Waals surface area contributed by atoms with Crippen LogP contribution in [0.2, 0.25) is 0 Å². The van der Waals surface area contributed by atoms with E-state index in [4.69, 9.17) is 4.74 Å². The minimum Gasteiger partial charge on any atom is -0.458 e. The van der Waals surface area contributed by atoms with Crippen LogP contribution in [0.25, 0.3) is 5.69 Å². The highest BCUT2D eigenvalue weighted by Crippen LogP contribution is 2.48. The van der Waals surface area contributed by atoms with Gasteiger partial charge in [-0.2, -0.15) is 4.98 Å². The smallest absolute Gasteiger partial charge is 0.336 e. The van der Waals surface area contributed by atoms with Crippen molar-refractivity contribution in [1.82, 2.24) is 14.8 Å². The van der Waals surface area contributed by atoms with Crippen molar-refractivity contribution in [2.45, 2.75) is 45.3 Å². The number of para-hydroxylation sites is 1. The van der Waals surface area contributed by atoms with Crippen LogP contribution in [0, 0.1) is 5.41 Å². The summed E-state index contributed by atoms with van der Waals surface area (Å²) in [6.07, 6.45) is 3.81. The largest absolute Gasteiger partial charge is 0.458 e. The van der Waals surface area contributed by atoms with Gasteiger partial charge < -0.3 is 9.84 Å². The topological polar surface area (TPSA) is 60.2 Å². The van der Waals surface area contributed by atoms with E-state index in [-0.39, 0.29) is 17.6 Å². The molecule has 5 heteroatoms. The van der Waals surface area contributed by atoms with Gasteiger partial charge in [0.15, 0.2) is 0 Å². The lowest BCUT2D eigenvalue weighted by Crippen LogP contribution is -2.59. The fourth-order valence-electron chi connectivity index (χ4n) is 3.20. The number of aromatic nitrogens is 3. The Balaban J connectivity index is 1.74. The van der Waals surface area contributed by atoms with Crippen molar-refractivity contribution in [1.29, 1.82) is 0 Å². The van der Waals surface area contributed by atoms with Gasteiger partial charge in [-0.05, 0) is 25.0 Å².